The molecule has 1 aliphatic heterocycles. The zero-order valence-corrected chi connectivity index (χ0v) is 15.6. The van der Waals surface area contributed by atoms with Crippen LogP contribution in [0.25, 0.3) is 0 Å². The Hall–Kier alpha value is -1.55. The Morgan fingerprint density at radius 3 is 2.92 bits per heavy atom. The first-order chi connectivity index (χ1) is 12.1. The maximum Gasteiger partial charge on any atom is 0.220 e. The zero-order valence-electron chi connectivity index (χ0n) is 15.6. The molecule has 2 fully saturated rings. The Labute approximate surface area is 151 Å². The van der Waals surface area contributed by atoms with E-state index in [4.69, 9.17) is 4.74 Å². The molecule has 4 heteroatoms. The molecule has 1 amide bonds. The van der Waals surface area contributed by atoms with Crippen molar-refractivity contribution in [3.05, 3.63) is 29.3 Å². The highest BCUT2D eigenvalue weighted by Gasteiger charge is 2.23. The molecular weight excluding hydrogens is 312 g/mol. The summed E-state index contributed by atoms with van der Waals surface area (Å²) in [7, 11) is 0. The fourth-order valence-electron chi connectivity index (χ4n) is 3.52. The number of rotatable bonds is 8. The normalized spacial score (nSPS) is 21.6. The summed E-state index contributed by atoms with van der Waals surface area (Å²) in [5.74, 6) is 2.85. The molecule has 1 heterocycles. The van der Waals surface area contributed by atoms with Gasteiger partial charge in [0.25, 0.3) is 0 Å². The fourth-order valence-corrected chi connectivity index (χ4v) is 3.52. The van der Waals surface area contributed by atoms with Gasteiger partial charge in [-0.2, -0.15) is 0 Å². The van der Waals surface area contributed by atoms with Gasteiger partial charge >= 0.3 is 0 Å². The number of carbonyl (C=O) groups is 1. The van der Waals surface area contributed by atoms with E-state index in [-0.39, 0.29) is 5.91 Å². The maximum absolute atomic E-state index is 12.4. The number of hydrogen-bond donors (Lipinski definition) is 2. The second-order valence-corrected chi connectivity index (χ2v) is 7.93. The molecule has 2 aliphatic rings. The Kier molecular flexibility index (Phi) is 6.35. The summed E-state index contributed by atoms with van der Waals surface area (Å²) in [6.45, 7) is 7.79. The highest BCUT2D eigenvalue weighted by atomic mass is 16.5. The van der Waals surface area contributed by atoms with E-state index >= 15 is 0 Å². The van der Waals surface area contributed by atoms with Crippen molar-refractivity contribution in [1.82, 2.24) is 10.6 Å². The van der Waals surface area contributed by atoms with Crippen LogP contribution in [0.1, 0.15) is 50.2 Å². The molecule has 3 rings (SSSR count). The van der Waals surface area contributed by atoms with Gasteiger partial charge in [0.15, 0.2) is 0 Å². The monoisotopic (exact) mass is 344 g/mol. The molecule has 0 bridgehead atoms. The fraction of sp³-hybridized carbons (Fsp3) is 0.667. The highest BCUT2D eigenvalue weighted by molar-refractivity contribution is 5.76. The second-order valence-electron chi connectivity index (χ2n) is 7.93. The van der Waals surface area contributed by atoms with Crippen LogP contribution in [0.4, 0.5) is 0 Å². The third-order valence-electron chi connectivity index (χ3n) is 5.52. The largest absolute Gasteiger partial charge is 0.493 e. The number of ether oxygens (including phenoxy) is 1. The predicted molar refractivity (Wildman–Crippen MR) is 101 cm³/mol. The Morgan fingerprint density at radius 1 is 1.36 bits per heavy atom. The van der Waals surface area contributed by atoms with Gasteiger partial charge in [-0.1, -0.05) is 19.1 Å². The maximum atomic E-state index is 12.4. The van der Waals surface area contributed by atoms with Crippen molar-refractivity contribution in [3.8, 4) is 5.75 Å². The molecule has 4 nitrogen and oxygen atoms in total. The van der Waals surface area contributed by atoms with Crippen molar-refractivity contribution in [2.75, 3.05) is 19.7 Å². The van der Waals surface area contributed by atoms with Gasteiger partial charge in [0.2, 0.25) is 5.91 Å². The lowest BCUT2D eigenvalue weighted by Gasteiger charge is -2.28. The van der Waals surface area contributed by atoms with Gasteiger partial charge in [-0.15, -0.1) is 0 Å². The van der Waals surface area contributed by atoms with Crippen molar-refractivity contribution in [2.45, 2.75) is 52.5 Å². The van der Waals surface area contributed by atoms with Crippen molar-refractivity contribution >= 4 is 5.91 Å². The van der Waals surface area contributed by atoms with Crippen LogP contribution in [0.5, 0.6) is 5.75 Å². The average Bonchev–Trinajstić information content (AvgIpc) is 3.44. The van der Waals surface area contributed by atoms with E-state index in [1.165, 1.54) is 31.2 Å². The van der Waals surface area contributed by atoms with E-state index in [0.29, 0.717) is 24.8 Å². The lowest BCUT2D eigenvalue weighted by Crippen LogP contribution is -2.35. The molecule has 138 valence electrons. The Bertz CT molecular complexity index is 577. The molecule has 0 radical (unpaired) electrons. The number of piperidine rings is 1. The molecule has 1 saturated heterocycles. The van der Waals surface area contributed by atoms with Crippen LogP contribution < -0.4 is 15.4 Å². The first-order valence-corrected chi connectivity index (χ1v) is 9.81. The molecule has 1 aromatic rings. The molecule has 25 heavy (non-hydrogen) atoms. The van der Waals surface area contributed by atoms with E-state index in [1.807, 2.05) is 0 Å². The molecular formula is C21H32N2O2. The number of hydrogen-bond acceptors (Lipinski definition) is 3. The summed E-state index contributed by atoms with van der Waals surface area (Å²) in [5, 5.41) is 6.53. The van der Waals surface area contributed by atoms with Crippen LogP contribution >= 0.6 is 0 Å². The molecule has 2 atom stereocenters. The van der Waals surface area contributed by atoms with E-state index in [2.05, 4.69) is 42.7 Å². The molecule has 0 spiro atoms. The lowest BCUT2D eigenvalue weighted by molar-refractivity contribution is -0.122. The Balaban J connectivity index is 1.48. The average molecular weight is 344 g/mol. The van der Waals surface area contributed by atoms with Crippen LogP contribution in [-0.2, 0) is 11.3 Å². The first kappa shape index (κ1) is 18.2. The summed E-state index contributed by atoms with van der Waals surface area (Å²) in [5.41, 5.74) is 2.27. The minimum absolute atomic E-state index is 0.145. The van der Waals surface area contributed by atoms with Crippen molar-refractivity contribution in [1.29, 1.82) is 0 Å². The third-order valence-corrected chi connectivity index (χ3v) is 5.52. The Morgan fingerprint density at radius 2 is 2.20 bits per heavy atom. The van der Waals surface area contributed by atoms with E-state index in [1.54, 1.807) is 0 Å². The first-order valence-electron chi connectivity index (χ1n) is 9.81. The third kappa shape index (κ3) is 5.74. The topological polar surface area (TPSA) is 50.4 Å². The standard InChI is InChI=1S/C21H32N2O2/c1-15-5-8-19(20(10-15)25-14-17-6-7-17)13-23-21(24)11-16(2)18-4-3-9-22-12-18/h5,8,10,16-18,22H,3-4,6-7,9,11-14H2,1-2H3,(H,23,24). The van der Waals surface area contributed by atoms with Crippen molar-refractivity contribution < 1.29 is 9.53 Å². The smallest absolute Gasteiger partial charge is 0.220 e. The minimum Gasteiger partial charge on any atom is -0.493 e. The van der Waals surface area contributed by atoms with Gasteiger partial charge in [-0.3, -0.25) is 4.79 Å². The number of carbonyl (C=O) groups excluding carboxylic acids is 1. The SMILES string of the molecule is Cc1ccc(CNC(=O)CC(C)C2CCCNC2)c(OCC2CC2)c1. The minimum atomic E-state index is 0.145. The summed E-state index contributed by atoms with van der Waals surface area (Å²) in [4.78, 5) is 12.4. The van der Waals surface area contributed by atoms with Gasteiger partial charge in [0.05, 0.1) is 6.61 Å². The van der Waals surface area contributed by atoms with E-state index < -0.39 is 0 Å². The number of benzene rings is 1. The molecule has 1 saturated carbocycles. The highest BCUT2D eigenvalue weighted by Crippen LogP contribution is 2.30. The van der Waals surface area contributed by atoms with Gasteiger partial charge in [0, 0.05) is 18.5 Å². The van der Waals surface area contributed by atoms with Crippen molar-refractivity contribution in [3.63, 3.8) is 0 Å². The van der Waals surface area contributed by atoms with E-state index in [0.717, 1.165) is 36.9 Å². The molecule has 1 aromatic carbocycles. The summed E-state index contributed by atoms with van der Waals surface area (Å²) in [6.07, 6.45) is 5.63. The van der Waals surface area contributed by atoms with Crippen LogP contribution in [0.3, 0.4) is 0 Å². The summed E-state index contributed by atoms with van der Waals surface area (Å²) >= 11 is 0. The van der Waals surface area contributed by atoms with Gasteiger partial charge < -0.3 is 15.4 Å². The predicted octanol–water partition coefficient (Wildman–Crippen LogP) is 3.43. The zero-order chi connectivity index (χ0) is 17.6. The number of nitrogens with one attached hydrogen (secondary N) is 2. The van der Waals surface area contributed by atoms with Crippen LogP contribution in [0, 0.1) is 24.7 Å². The molecule has 2 N–H and O–H groups in total. The molecule has 2 unspecified atom stereocenters. The molecule has 1 aliphatic carbocycles. The molecule has 0 aromatic heterocycles. The van der Waals surface area contributed by atoms with Crippen LogP contribution in [-0.4, -0.2) is 25.6 Å². The second kappa shape index (κ2) is 8.70. The van der Waals surface area contributed by atoms with Crippen molar-refractivity contribution in [2.24, 2.45) is 17.8 Å². The summed E-state index contributed by atoms with van der Waals surface area (Å²) in [6, 6.07) is 6.24. The van der Waals surface area contributed by atoms with E-state index in [9.17, 15) is 4.79 Å². The quantitative estimate of drug-likeness (QED) is 0.760. The van der Waals surface area contributed by atoms with Crippen LogP contribution in [0.15, 0.2) is 18.2 Å². The van der Waals surface area contributed by atoms with Gasteiger partial charge in [0.1, 0.15) is 5.75 Å². The summed E-state index contributed by atoms with van der Waals surface area (Å²) < 4.78 is 5.99. The number of amides is 1. The van der Waals surface area contributed by atoms with Crippen LogP contribution in [0.2, 0.25) is 0 Å². The number of aryl methyl sites for hydroxylation is 1. The lowest BCUT2D eigenvalue weighted by atomic mass is 9.85. The van der Waals surface area contributed by atoms with Gasteiger partial charge in [-0.05, 0) is 75.1 Å². The van der Waals surface area contributed by atoms with Gasteiger partial charge in [-0.25, -0.2) is 0 Å².